The number of rotatable bonds is 17. The van der Waals surface area contributed by atoms with Crippen molar-refractivity contribution in [1.29, 1.82) is 0 Å². The largest absolute Gasteiger partial charge is 0.494 e. The van der Waals surface area contributed by atoms with E-state index < -0.39 is 0 Å². The molecular weight excluding hydrogens is 406 g/mol. The molecule has 0 spiro atoms. The van der Waals surface area contributed by atoms with Crippen LogP contribution in [0.25, 0.3) is 17.5 Å². The highest BCUT2D eigenvalue weighted by Crippen LogP contribution is 2.29. The standard InChI is InChI=1S/C29H43N3O/c1-3-4-5-6-7-8-9-10-11-12-13-14-15-17-24-19-20-25(31-24)22-28-29(33-2)23-27(32-28)26-18-16-21-30-26/h16,18-23,30,32H,3-15,17H2,1-2H3. The second-order valence-corrected chi connectivity index (χ2v) is 9.25. The lowest BCUT2D eigenvalue weighted by molar-refractivity contribution is 0.414. The van der Waals surface area contributed by atoms with Gasteiger partial charge < -0.3 is 14.7 Å². The first-order valence-electron chi connectivity index (χ1n) is 13.2. The normalized spacial score (nSPS) is 14.4. The lowest BCUT2D eigenvalue weighted by Gasteiger charge is -2.03. The van der Waals surface area contributed by atoms with E-state index in [1.54, 1.807) is 7.11 Å². The summed E-state index contributed by atoms with van der Waals surface area (Å²) in [6.45, 7) is 2.29. The first-order valence-corrected chi connectivity index (χ1v) is 13.2. The van der Waals surface area contributed by atoms with Crippen molar-refractivity contribution < 1.29 is 4.74 Å². The summed E-state index contributed by atoms with van der Waals surface area (Å²) >= 11 is 0. The highest BCUT2D eigenvalue weighted by atomic mass is 16.5. The third-order valence-corrected chi connectivity index (χ3v) is 6.47. The van der Waals surface area contributed by atoms with Gasteiger partial charge in [0.2, 0.25) is 0 Å². The molecule has 2 N–H and O–H groups in total. The molecule has 180 valence electrons. The number of aromatic amines is 2. The Kier molecular flexibility index (Phi) is 11.1. The summed E-state index contributed by atoms with van der Waals surface area (Å²) in [5, 5.41) is 0. The van der Waals surface area contributed by atoms with E-state index >= 15 is 0 Å². The molecule has 0 fully saturated rings. The van der Waals surface area contributed by atoms with E-state index in [4.69, 9.17) is 9.73 Å². The van der Waals surface area contributed by atoms with E-state index in [1.807, 2.05) is 24.4 Å². The Morgan fingerprint density at radius 2 is 1.52 bits per heavy atom. The van der Waals surface area contributed by atoms with Crippen LogP contribution < -0.4 is 4.74 Å². The van der Waals surface area contributed by atoms with Crippen LogP contribution in [0, 0.1) is 0 Å². The molecular formula is C29H43N3O. The topological polar surface area (TPSA) is 53.2 Å². The molecule has 1 aliphatic rings. The Bertz CT molecular complexity index is 886. The number of aliphatic imine (C=N–C) groups is 1. The molecule has 2 aromatic heterocycles. The molecule has 1 aliphatic heterocycles. The summed E-state index contributed by atoms with van der Waals surface area (Å²) < 4.78 is 5.55. The first-order chi connectivity index (χ1) is 16.3. The SMILES string of the molecule is CCCCCCCCCCCCCCCC1=NC(=Cc2[nH]c(-c3ccc[nH]3)cc2OC)C=C1. The molecule has 0 radical (unpaired) electrons. The van der Waals surface area contributed by atoms with Crippen molar-refractivity contribution in [3.63, 3.8) is 0 Å². The van der Waals surface area contributed by atoms with Crippen LogP contribution in [0.1, 0.15) is 103 Å². The van der Waals surface area contributed by atoms with Crippen molar-refractivity contribution in [3.05, 3.63) is 47.9 Å². The van der Waals surface area contributed by atoms with Crippen LogP contribution in [-0.4, -0.2) is 22.8 Å². The lowest BCUT2D eigenvalue weighted by Crippen LogP contribution is -1.91. The molecule has 0 aliphatic carbocycles. The van der Waals surface area contributed by atoms with E-state index in [9.17, 15) is 0 Å². The smallest absolute Gasteiger partial charge is 0.144 e. The summed E-state index contributed by atoms with van der Waals surface area (Å²) in [7, 11) is 1.71. The minimum absolute atomic E-state index is 0.834. The van der Waals surface area contributed by atoms with Crippen LogP contribution in [0.2, 0.25) is 0 Å². The van der Waals surface area contributed by atoms with E-state index in [-0.39, 0.29) is 0 Å². The average molecular weight is 450 g/mol. The molecule has 0 saturated heterocycles. The maximum Gasteiger partial charge on any atom is 0.144 e. The van der Waals surface area contributed by atoms with Crippen LogP contribution in [0.4, 0.5) is 0 Å². The van der Waals surface area contributed by atoms with Gasteiger partial charge in [-0.2, -0.15) is 0 Å². The van der Waals surface area contributed by atoms with Crippen LogP contribution in [0.3, 0.4) is 0 Å². The van der Waals surface area contributed by atoms with E-state index in [0.717, 1.165) is 34.9 Å². The van der Waals surface area contributed by atoms with E-state index in [2.05, 4.69) is 35.1 Å². The molecule has 3 heterocycles. The predicted molar refractivity (Wildman–Crippen MR) is 142 cm³/mol. The summed E-state index contributed by atoms with van der Waals surface area (Å²) in [6.07, 6.45) is 27.4. The van der Waals surface area contributed by atoms with Gasteiger partial charge in [0.05, 0.1) is 29.9 Å². The van der Waals surface area contributed by atoms with Gasteiger partial charge in [-0.25, -0.2) is 0 Å². The van der Waals surface area contributed by atoms with Crippen molar-refractivity contribution in [2.75, 3.05) is 7.11 Å². The number of methoxy groups -OCH3 is 1. The van der Waals surface area contributed by atoms with Gasteiger partial charge >= 0.3 is 0 Å². The number of nitrogens with zero attached hydrogens (tertiary/aromatic N) is 1. The zero-order valence-corrected chi connectivity index (χ0v) is 20.8. The molecule has 0 saturated carbocycles. The van der Waals surface area contributed by atoms with Crippen molar-refractivity contribution in [2.45, 2.75) is 96.8 Å². The van der Waals surface area contributed by atoms with Gasteiger partial charge in [-0.05, 0) is 43.2 Å². The summed E-state index contributed by atoms with van der Waals surface area (Å²) in [5.41, 5.74) is 5.19. The first kappa shape index (κ1) is 25.1. The number of unbranched alkanes of at least 4 members (excludes halogenated alkanes) is 12. The quantitative estimate of drug-likeness (QED) is 0.233. The van der Waals surface area contributed by atoms with Crippen molar-refractivity contribution in [3.8, 4) is 17.1 Å². The molecule has 0 aromatic carbocycles. The van der Waals surface area contributed by atoms with Crippen molar-refractivity contribution >= 4 is 11.8 Å². The number of hydrogen-bond donors (Lipinski definition) is 2. The Morgan fingerprint density at radius 3 is 2.12 bits per heavy atom. The average Bonchev–Trinajstić information content (AvgIpc) is 3.58. The molecule has 33 heavy (non-hydrogen) atoms. The fourth-order valence-corrected chi connectivity index (χ4v) is 4.48. The van der Waals surface area contributed by atoms with Gasteiger partial charge in [0.15, 0.2) is 0 Å². The maximum absolute atomic E-state index is 5.55. The van der Waals surface area contributed by atoms with Gasteiger partial charge in [0.1, 0.15) is 5.75 Å². The third kappa shape index (κ3) is 8.75. The second-order valence-electron chi connectivity index (χ2n) is 9.25. The third-order valence-electron chi connectivity index (χ3n) is 6.47. The highest BCUT2D eigenvalue weighted by molar-refractivity contribution is 5.99. The number of nitrogens with one attached hydrogen (secondary N) is 2. The lowest BCUT2D eigenvalue weighted by atomic mass is 10.0. The summed E-state index contributed by atoms with van der Waals surface area (Å²) in [5.74, 6) is 0.834. The Balaban J connectivity index is 1.30. The molecule has 4 heteroatoms. The minimum atomic E-state index is 0.834. The highest BCUT2D eigenvalue weighted by Gasteiger charge is 2.11. The van der Waals surface area contributed by atoms with Gasteiger partial charge in [-0.15, -0.1) is 0 Å². The Morgan fingerprint density at radius 1 is 0.848 bits per heavy atom. The monoisotopic (exact) mass is 449 g/mol. The van der Waals surface area contributed by atoms with Gasteiger partial charge in [-0.1, -0.05) is 84.0 Å². The Hall–Kier alpha value is -2.49. The van der Waals surface area contributed by atoms with Gasteiger partial charge in [0, 0.05) is 18.0 Å². The fourth-order valence-electron chi connectivity index (χ4n) is 4.48. The van der Waals surface area contributed by atoms with Crippen molar-refractivity contribution in [2.24, 2.45) is 4.99 Å². The fraction of sp³-hybridized carbons (Fsp3) is 0.552. The van der Waals surface area contributed by atoms with Gasteiger partial charge in [-0.3, -0.25) is 4.99 Å². The van der Waals surface area contributed by atoms with Gasteiger partial charge in [0.25, 0.3) is 0 Å². The number of ether oxygens (including phenoxy) is 1. The Labute approximate surface area is 200 Å². The molecule has 2 aromatic rings. The zero-order chi connectivity index (χ0) is 23.1. The van der Waals surface area contributed by atoms with Crippen LogP contribution in [0.15, 0.2) is 47.2 Å². The van der Waals surface area contributed by atoms with Crippen LogP contribution in [0.5, 0.6) is 5.75 Å². The second kappa shape index (κ2) is 14.6. The zero-order valence-electron chi connectivity index (χ0n) is 20.8. The number of hydrogen-bond acceptors (Lipinski definition) is 2. The van der Waals surface area contributed by atoms with Crippen LogP contribution >= 0.6 is 0 Å². The summed E-state index contributed by atoms with van der Waals surface area (Å²) in [6, 6.07) is 6.06. The molecule has 0 atom stereocenters. The van der Waals surface area contributed by atoms with E-state index in [0.29, 0.717) is 0 Å². The number of aromatic nitrogens is 2. The predicted octanol–water partition coefficient (Wildman–Crippen LogP) is 8.85. The molecule has 0 bridgehead atoms. The minimum Gasteiger partial charge on any atom is -0.494 e. The van der Waals surface area contributed by atoms with Crippen molar-refractivity contribution in [1.82, 2.24) is 9.97 Å². The molecule has 4 nitrogen and oxygen atoms in total. The maximum atomic E-state index is 5.55. The molecule has 0 amide bonds. The number of H-pyrrole nitrogens is 2. The van der Waals surface area contributed by atoms with Crippen LogP contribution in [-0.2, 0) is 0 Å². The summed E-state index contributed by atoms with van der Waals surface area (Å²) in [4.78, 5) is 11.5. The molecule has 0 unspecified atom stereocenters. The molecule has 3 rings (SSSR count). The van der Waals surface area contributed by atoms with E-state index in [1.165, 1.54) is 89.2 Å². The number of allylic oxidation sites excluding steroid dienone is 2.